The summed E-state index contributed by atoms with van der Waals surface area (Å²) in [5.41, 5.74) is 1.98. The van der Waals surface area contributed by atoms with Crippen LogP contribution in [-0.2, 0) is 22.6 Å². The average Bonchev–Trinajstić information content (AvgIpc) is 3.19. The van der Waals surface area contributed by atoms with Crippen molar-refractivity contribution in [3.05, 3.63) is 65.7 Å². The number of carbonyl (C=O) groups is 2. The maximum atomic E-state index is 12.7. The Morgan fingerprint density at radius 3 is 2.52 bits per heavy atom. The Balaban J connectivity index is 1.56. The van der Waals surface area contributed by atoms with Crippen molar-refractivity contribution >= 4 is 11.8 Å². The van der Waals surface area contributed by atoms with Crippen LogP contribution in [0.4, 0.5) is 0 Å². The monoisotopic (exact) mass is 366 g/mol. The van der Waals surface area contributed by atoms with E-state index in [1.807, 2.05) is 61.5 Å². The average molecular weight is 366 g/mol. The number of benzene rings is 2. The smallest absolute Gasteiger partial charge is 0.243 e. The molecule has 2 aromatic rings. The van der Waals surface area contributed by atoms with Gasteiger partial charge in [0.15, 0.2) is 0 Å². The van der Waals surface area contributed by atoms with Crippen LogP contribution in [0.2, 0.25) is 0 Å². The molecule has 5 heteroatoms. The second-order valence-electron chi connectivity index (χ2n) is 6.70. The molecule has 27 heavy (non-hydrogen) atoms. The fourth-order valence-electron chi connectivity index (χ4n) is 3.39. The van der Waals surface area contributed by atoms with Gasteiger partial charge in [0.05, 0.1) is 13.0 Å². The van der Waals surface area contributed by atoms with Crippen LogP contribution in [0.3, 0.4) is 0 Å². The first-order chi connectivity index (χ1) is 13.2. The normalized spacial score (nSPS) is 16.2. The van der Waals surface area contributed by atoms with E-state index in [2.05, 4.69) is 5.32 Å². The molecule has 0 radical (unpaired) electrons. The Labute approximate surface area is 160 Å². The summed E-state index contributed by atoms with van der Waals surface area (Å²) in [5, 5.41) is 2.96. The highest BCUT2D eigenvalue weighted by atomic mass is 16.5. The predicted molar refractivity (Wildman–Crippen MR) is 104 cm³/mol. The summed E-state index contributed by atoms with van der Waals surface area (Å²) in [6.45, 7) is 3.68. The van der Waals surface area contributed by atoms with Crippen molar-refractivity contribution in [3.8, 4) is 5.75 Å². The lowest BCUT2D eigenvalue weighted by Crippen LogP contribution is -2.46. The van der Waals surface area contributed by atoms with E-state index >= 15 is 0 Å². The van der Waals surface area contributed by atoms with Crippen molar-refractivity contribution in [2.75, 3.05) is 13.2 Å². The molecule has 1 atom stereocenters. The largest absolute Gasteiger partial charge is 0.494 e. The van der Waals surface area contributed by atoms with Gasteiger partial charge in [0.2, 0.25) is 11.8 Å². The highest BCUT2D eigenvalue weighted by Crippen LogP contribution is 2.20. The van der Waals surface area contributed by atoms with Crippen LogP contribution < -0.4 is 10.1 Å². The molecular weight excluding hydrogens is 340 g/mol. The van der Waals surface area contributed by atoms with Crippen LogP contribution in [0.5, 0.6) is 5.75 Å². The third-order valence-corrected chi connectivity index (χ3v) is 4.78. The minimum Gasteiger partial charge on any atom is -0.494 e. The van der Waals surface area contributed by atoms with Crippen molar-refractivity contribution in [3.63, 3.8) is 0 Å². The lowest BCUT2D eigenvalue weighted by atomic mass is 10.1. The van der Waals surface area contributed by atoms with E-state index in [0.717, 1.165) is 29.7 Å². The molecule has 5 nitrogen and oxygen atoms in total. The topological polar surface area (TPSA) is 58.6 Å². The van der Waals surface area contributed by atoms with Gasteiger partial charge >= 0.3 is 0 Å². The van der Waals surface area contributed by atoms with Gasteiger partial charge in [0, 0.05) is 13.1 Å². The molecule has 142 valence electrons. The van der Waals surface area contributed by atoms with Gasteiger partial charge in [0.25, 0.3) is 0 Å². The van der Waals surface area contributed by atoms with Gasteiger partial charge in [-0.1, -0.05) is 42.5 Å². The van der Waals surface area contributed by atoms with Crippen LogP contribution in [0.15, 0.2) is 54.6 Å². The SMILES string of the molecule is CCOc1ccc(CC(=O)N2CCC[C@@H]2C(=O)NCc2ccccc2)cc1. The Hall–Kier alpha value is -2.82. The third kappa shape index (κ3) is 5.09. The molecule has 1 N–H and O–H groups in total. The molecule has 1 saturated heterocycles. The number of nitrogens with one attached hydrogen (secondary N) is 1. The van der Waals surface area contributed by atoms with Gasteiger partial charge < -0.3 is 15.0 Å². The van der Waals surface area contributed by atoms with Crippen molar-refractivity contribution in [2.24, 2.45) is 0 Å². The van der Waals surface area contributed by atoms with E-state index in [1.54, 1.807) is 4.90 Å². The summed E-state index contributed by atoms with van der Waals surface area (Å²) in [5.74, 6) is 0.723. The van der Waals surface area contributed by atoms with Crippen molar-refractivity contribution in [1.29, 1.82) is 0 Å². The van der Waals surface area contributed by atoms with Gasteiger partial charge in [0.1, 0.15) is 11.8 Å². The zero-order valence-electron chi connectivity index (χ0n) is 15.7. The maximum absolute atomic E-state index is 12.7. The molecule has 1 aliphatic heterocycles. The van der Waals surface area contributed by atoms with E-state index in [-0.39, 0.29) is 17.9 Å². The van der Waals surface area contributed by atoms with E-state index in [1.165, 1.54) is 0 Å². The predicted octanol–water partition coefficient (Wildman–Crippen LogP) is 2.94. The lowest BCUT2D eigenvalue weighted by Gasteiger charge is -2.24. The number of nitrogens with zero attached hydrogens (tertiary/aromatic N) is 1. The molecule has 0 spiro atoms. The molecule has 0 aliphatic carbocycles. The zero-order valence-corrected chi connectivity index (χ0v) is 15.7. The van der Waals surface area contributed by atoms with Crippen LogP contribution >= 0.6 is 0 Å². The van der Waals surface area contributed by atoms with E-state index in [4.69, 9.17) is 4.74 Å². The molecule has 2 amide bonds. The number of likely N-dealkylation sites (tertiary alicyclic amines) is 1. The summed E-state index contributed by atoms with van der Waals surface area (Å²) < 4.78 is 5.43. The number of rotatable bonds is 7. The first-order valence-electron chi connectivity index (χ1n) is 9.50. The van der Waals surface area contributed by atoms with Crippen molar-refractivity contribution < 1.29 is 14.3 Å². The molecule has 1 aliphatic rings. The zero-order chi connectivity index (χ0) is 19.1. The molecule has 1 heterocycles. The quantitative estimate of drug-likeness (QED) is 0.820. The minimum atomic E-state index is -0.371. The van der Waals surface area contributed by atoms with Gasteiger partial charge in [-0.25, -0.2) is 0 Å². The Bertz CT molecular complexity index is 759. The number of amides is 2. The van der Waals surface area contributed by atoms with Crippen LogP contribution in [0.1, 0.15) is 30.9 Å². The number of ether oxygens (including phenoxy) is 1. The third-order valence-electron chi connectivity index (χ3n) is 4.78. The van der Waals surface area contributed by atoms with Gasteiger partial charge in [-0.2, -0.15) is 0 Å². The van der Waals surface area contributed by atoms with Crippen LogP contribution in [-0.4, -0.2) is 35.9 Å². The van der Waals surface area contributed by atoms with Gasteiger partial charge in [-0.15, -0.1) is 0 Å². The van der Waals surface area contributed by atoms with E-state index < -0.39 is 0 Å². The van der Waals surface area contributed by atoms with Gasteiger partial charge in [-0.3, -0.25) is 9.59 Å². The van der Waals surface area contributed by atoms with Crippen molar-refractivity contribution in [1.82, 2.24) is 10.2 Å². The summed E-state index contributed by atoms with van der Waals surface area (Å²) in [7, 11) is 0. The second-order valence-corrected chi connectivity index (χ2v) is 6.70. The second kappa shape index (κ2) is 9.21. The Kier molecular flexibility index (Phi) is 6.47. The molecule has 0 unspecified atom stereocenters. The molecule has 0 bridgehead atoms. The number of carbonyl (C=O) groups excluding carboxylic acids is 2. The first kappa shape index (κ1) is 19.0. The number of hydrogen-bond acceptors (Lipinski definition) is 3. The Morgan fingerprint density at radius 2 is 1.81 bits per heavy atom. The number of hydrogen-bond donors (Lipinski definition) is 1. The fraction of sp³-hybridized carbons (Fsp3) is 0.364. The Morgan fingerprint density at radius 1 is 1.07 bits per heavy atom. The highest BCUT2D eigenvalue weighted by molar-refractivity contribution is 5.89. The molecular formula is C22H26N2O3. The summed E-state index contributed by atoms with van der Waals surface area (Å²) in [6, 6.07) is 17.0. The minimum absolute atomic E-state index is 0.00322. The summed E-state index contributed by atoms with van der Waals surface area (Å²) >= 11 is 0. The van der Waals surface area contributed by atoms with Gasteiger partial charge in [-0.05, 0) is 43.0 Å². The van der Waals surface area contributed by atoms with E-state index in [0.29, 0.717) is 26.1 Å². The van der Waals surface area contributed by atoms with Crippen LogP contribution in [0.25, 0.3) is 0 Å². The fourth-order valence-corrected chi connectivity index (χ4v) is 3.39. The summed E-state index contributed by atoms with van der Waals surface area (Å²) in [6.07, 6.45) is 1.88. The lowest BCUT2D eigenvalue weighted by molar-refractivity contribution is -0.138. The first-order valence-corrected chi connectivity index (χ1v) is 9.50. The molecule has 3 rings (SSSR count). The van der Waals surface area contributed by atoms with E-state index in [9.17, 15) is 9.59 Å². The summed E-state index contributed by atoms with van der Waals surface area (Å²) in [4.78, 5) is 27.0. The molecule has 0 aromatic heterocycles. The van der Waals surface area contributed by atoms with Crippen LogP contribution in [0, 0.1) is 0 Å². The highest BCUT2D eigenvalue weighted by Gasteiger charge is 2.33. The molecule has 1 fully saturated rings. The molecule has 2 aromatic carbocycles. The maximum Gasteiger partial charge on any atom is 0.243 e. The standard InChI is InChI=1S/C22H26N2O3/c1-2-27-19-12-10-17(11-13-19)15-21(25)24-14-6-9-20(24)22(26)23-16-18-7-4-3-5-8-18/h3-5,7-8,10-13,20H,2,6,9,14-16H2,1H3,(H,23,26)/t20-/m1/s1. The van der Waals surface area contributed by atoms with Crippen molar-refractivity contribution in [2.45, 2.75) is 38.8 Å². The molecule has 0 saturated carbocycles.